The maximum Gasteiger partial charge on any atom is 0.319 e. The first kappa shape index (κ1) is 16.5. The molecule has 23 heavy (non-hydrogen) atoms. The molecular weight excluding hydrogens is 380 g/mol. The van der Waals surface area contributed by atoms with Crippen LogP contribution in [0.25, 0.3) is 10.9 Å². The Bertz CT molecular complexity index is 819. The standard InChI is InChI=1S/C16H17BrN2O3S/c1-9(2)8-19-14(20)11-7-10(17)3-4-12(11)18-16(19)23-13-5-6-22-15(13)21/h3-4,7,9,13H,5-6,8H2,1-2H3/t13-/m1/s1. The highest BCUT2D eigenvalue weighted by Crippen LogP contribution is 2.29. The number of hydrogen-bond donors (Lipinski definition) is 0. The van der Waals surface area contributed by atoms with Crippen LogP contribution in [-0.2, 0) is 16.1 Å². The Labute approximate surface area is 146 Å². The van der Waals surface area contributed by atoms with E-state index < -0.39 is 0 Å². The Morgan fingerprint density at radius 3 is 2.87 bits per heavy atom. The van der Waals surface area contributed by atoms with Gasteiger partial charge < -0.3 is 4.74 Å². The largest absolute Gasteiger partial charge is 0.465 e. The van der Waals surface area contributed by atoms with Crippen LogP contribution < -0.4 is 5.56 Å². The summed E-state index contributed by atoms with van der Waals surface area (Å²) in [6.45, 7) is 5.11. The van der Waals surface area contributed by atoms with Crippen molar-refractivity contribution in [3.63, 3.8) is 0 Å². The van der Waals surface area contributed by atoms with Crippen LogP contribution in [0.3, 0.4) is 0 Å². The van der Waals surface area contributed by atoms with E-state index in [1.54, 1.807) is 10.6 Å². The molecule has 2 aromatic rings. The maximum absolute atomic E-state index is 12.9. The van der Waals surface area contributed by atoms with E-state index in [0.717, 1.165) is 4.47 Å². The second kappa shape index (κ2) is 6.65. The molecule has 1 fully saturated rings. The van der Waals surface area contributed by atoms with E-state index in [1.165, 1.54) is 11.8 Å². The van der Waals surface area contributed by atoms with Crippen LogP contribution in [0.2, 0.25) is 0 Å². The quantitative estimate of drug-likeness (QED) is 0.586. The summed E-state index contributed by atoms with van der Waals surface area (Å²) in [5.74, 6) is 0.0743. The number of hydrogen-bond acceptors (Lipinski definition) is 5. The van der Waals surface area contributed by atoms with Crippen molar-refractivity contribution >= 4 is 44.6 Å². The van der Waals surface area contributed by atoms with Crippen LogP contribution in [0, 0.1) is 5.92 Å². The van der Waals surface area contributed by atoms with Crippen molar-refractivity contribution < 1.29 is 9.53 Å². The number of fused-ring (bicyclic) bond motifs is 1. The van der Waals surface area contributed by atoms with Crippen molar-refractivity contribution in [3.05, 3.63) is 33.0 Å². The fourth-order valence-electron chi connectivity index (χ4n) is 2.50. The van der Waals surface area contributed by atoms with E-state index in [4.69, 9.17) is 4.74 Å². The van der Waals surface area contributed by atoms with Gasteiger partial charge in [0, 0.05) is 17.4 Å². The number of benzene rings is 1. The van der Waals surface area contributed by atoms with E-state index in [9.17, 15) is 9.59 Å². The Morgan fingerprint density at radius 1 is 1.43 bits per heavy atom. The summed E-state index contributed by atoms with van der Waals surface area (Å²) in [5, 5.41) is 0.883. The minimum Gasteiger partial charge on any atom is -0.465 e. The highest BCUT2D eigenvalue weighted by molar-refractivity contribution is 9.10. The Balaban J connectivity index is 2.12. The molecule has 0 radical (unpaired) electrons. The molecule has 5 nitrogen and oxygen atoms in total. The van der Waals surface area contributed by atoms with Gasteiger partial charge in [-0.05, 0) is 24.1 Å². The Kier molecular flexibility index (Phi) is 4.77. The topological polar surface area (TPSA) is 61.2 Å². The number of carbonyl (C=O) groups is 1. The summed E-state index contributed by atoms with van der Waals surface area (Å²) in [4.78, 5) is 29.2. The zero-order valence-corrected chi connectivity index (χ0v) is 15.3. The normalized spacial score (nSPS) is 17.9. The molecule has 0 saturated carbocycles. The van der Waals surface area contributed by atoms with Gasteiger partial charge in [0.15, 0.2) is 5.16 Å². The van der Waals surface area contributed by atoms with Crippen molar-refractivity contribution in [1.82, 2.24) is 9.55 Å². The van der Waals surface area contributed by atoms with Gasteiger partial charge in [-0.3, -0.25) is 14.2 Å². The van der Waals surface area contributed by atoms with Crippen molar-refractivity contribution in [3.8, 4) is 0 Å². The summed E-state index contributed by atoms with van der Waals surface area (Å²) in [7, 11) is 0. The van der Waals surface area contributed by atoms with Gasteiger partial charge in [0.05, 0.1) is 17.5 Å². The van der Waals surface area contributed by atoms with Gasteiger partial charge in [-0.1, -0.05) is 41.5 Å². The number of halogens is 1. The smallest absolute Gasteiger partial charge is 0.319 e. The summed E-state index contributed by atoms with van der Waals surface area (Å²) >= 11 is 4.72. The van der Waals surface area contributed by atoms with Gasteiger partial charge in [-0.25, -0.2) is 4.98 Å². The lowest BCUT2D eigenvalue weighted by atomic mass is 10.2. The molecule has 1 saturated heterocycles. The van der Waals surface area contributed by atoms with Gasteiger partial charge in [0.25, 0.3) is 5.56 Å². The average Bonchev–Trinajstić information content (AvgIpc) is 2.89. The van der Waals surface area contributed by atoms with Gasteiger partial charge in [0.2, 0.25) is 0 Å². The van der Waals surface area contributed by atoms with E-state index >= 15 is 0 Å². The SMILES string of the molecule is CC(C)Cn1c(S[C@@H]2CCOC2=O)nc2ccc(Br)cc2c1=O. The minimum atomic E-state index is -0.284. The van der Waals surface area contributed by atoms with Crippen LogP contribution >= 0.6 is 27.7 Å². The first-order valence-electron chi connectivity index (χ1n) is 7.49. The van der Waals surface area contributed by atoms with E-state index in [1.807, 2.05) is 12.1 Å². The number of ether oxygens (including phenoxy) is 1. The molecule has 0 spiro atoms. The van der Waals surface area contributed by atoms with Crippen molar-refractivity contribution in [1.29, 1.82) is 0 Å². The highest BCUT2D eigenvalue weighted by atomic mass is 79.9. The lowest BCUT2D eigenvalue weighted by Crippen LogP contribution is -2.26. The lowest BCUT2D eigenvalue weighted by molar-refractivity contribution is -0.137. The van der Waals surface area contributed by atoms with E-state index in [0.29, 0.717) is 41.5 Å². The summed E-state index contributed by atoms with van der Waals surface area (Å²) in [5.41, 5.74) is 0.575. The molecule has 1 aliphatic heterocycles. The molecule has 0 N–H and O–H groups in total. The van der Waals surface area contributed by atoms with Gasteiger partial charge in [0.1, 0.15) is 5.25 Å². The molecule has 1 aromatic heterocycles. The molecule has 0 aliphatic carbocycles. The average molecular weight is 397 g/mol. The molecular formula is C16H17BrN2O3S. The maximum atomic E-state index is 12.9. The lowest BCUT2D eigenvalue weighted by Gasteiger charge is -2.16. The fraction of sp³-hybridized carbons (Fsp3) is 0.438. The van der Waals surface area contributed by atoms with Crippen molar-refractivity contribution in [2.24, 2.45) is 5.92 Å². The number of nitrogens with zero attached hydrogens (tertiary/aromatic N) is 2. The molecule has 1 atom stereocenters. The number of carbonyl (C=O) groups excluding carboxylic acids is 1. The zero-order chi connectivity index (χ0) is 16.6. The van der Waals surface area contributed by atoms with E-state index in [2.05, 4.69) is 34.8 Å². The highest BCUT2D eigenvalue weighted by Gasteiger charge is 2.29. The first-order chi connectivity index (χ1) is 11.0. The summed E-state index contributed by atoms with van der Waals surface area (Å²) in [6, 6.07) is 5.47. The van der Waals surface area contributed by atoms with Crippen LogP contribution in [0.5, 0.6) is 0 Å². The van der Waals surface area contributed by atoms with Crippen LogP contribution in [-0.4, -0.2) is 27.4 Å². The third kappa shape index (κ3) is 3.45. The molecule has 0 amide bonds. The minimum absolute atomic E-state index is 0.0705. The van der Waals surface area contributed by atoms with Gasteiger partial charge in [-0.15, -0.1) is 0 Å². The fourth-order valence-corrected chi connectivity index (χ4v) is 3.93. The number of cyclic esters (lactones) is 1. The third-order valence-corrected chi connectivity index (χ3v) is 5.29. The van der Waals surface area contributed by atoms with Crippen molar-refractivity contribution in [2.45, 2.75) is 37.2 Å². The molecule has 3 rings (SSSR count). The molecule has 0 unspecified atom stereocenters. The Hall–Kier alpha value is -1.34. The van der Waals surface area contributed by atoms with Gasteiger partial charge >= 0.3 is 5.97 Å². The van der Waals surface area contributed by atoms with Crippen molar-refractivity contribution in [2.75, 3.05) is 6.61 Å². The molecule has 1 aliphatic rings. The molecule has 2 heterocycles. The summed E-state index contributed by atoms with van der Waals surface area (Å²) in [6.07, 6.45) is 0.652. The number of esters is 1. The number of aromatic nitrogens is 2. The summed E-state index contributed by atoms with van der Waals surface area (Å²) < 4.78 is 7.53. The van der Waals surface area contributed by atoms with Crippen LogP contribution in [0.15, 0.2) is 32.6 Å². The molecule has 7 heteroatoms. The zero-order valence-electron chi connectivity index (χ0n) is 12.9. The third-order valence-electron chi connectivity index (χ3n) is 3.56. The van der Waals surface area contributed by atoms with Gasteiger partial charge in [-0.2, -0.15) is 0 Å². The second-order valence-electron chi connectivity index (χ2n) is 5.93. The number of rotatable bonds is 4. The van der Waals surface area contributed by atoms with E-state index in [-0.39, 0.29) is 16.8 Å². The van der Waals surface area contributed by atoms with Crippen LogP contribution in [0.1, 0.15) is 20.3 Å². The second-order valence-corrected chi connectivity index (χ2v) is 8.01. The molecule has 0 bridgehead atoms. The predicted octanol–water partition coefficient (Wildman–Crippen LogP) is 3.22. The molecule has 122 valence electrons. The Morgan fingerprint density at radius 2 is 2.22 bits per heavy atom. The number of thioether (sulfide) groups is 1. The predicted molar refractivity (Wildman–Crippen MR) is 93.8 cm³/mol. The first-order valence-corrected chi connectivity index (χ1v) is 9.16. The molecule has 1 aromatic carbocycles. The monoisotopic (exact) mass is 396 g/mol. The van der Waals surface area contributed by atoms with Crippen LogP contribution in [0.4, 0.5) is 0 Å².